The van der Waals surface area contributed by atoms with Crippen LogP contribution in [0, 0.1) is 0 Å². The van der Waals surface area contributed by atoms with Gasteiger partial charge in [0.05, 0.1) is 5.52 Å². The van der Waals surface area contributed by atoms with Gasteiger partial charge in [-0.05, 0) is 67.9 Å². The number of esters is 1. The van der Waals surface area contributed by atoms with Crippen LogP contribution in [0.25, 0.3) is 21.0 Å². The molecule has 4 aromatic rings. The van der Waals surface area contributed by atoms with Gasteiger partial charge < -0.3 is 14.4 Å². The van der Waals surface area contributed by atoms with Gasteiger partial charge in [0.15, 0.2) is 0 Å². The lowest BCUT2D eigenvalue weighted by molar-refractivity contribution is -0.134. The maximum Gasteiger partial charge on any atom is 0.312 e. The van der Waals surface area contributed by atoms with Crippen molar-refractivity contribution in [2.45, 2.75) is 44.9 Å². The SMILES string of the molecule is O=C(CCCCCCOCCCCN1CCN(c2cccc3sccc23)CC1)Oc1ccc2ccccc2n1. The Morgan fingerprint density at radius 1 is 0.821 bits per heavy atom. The highest BCUT2D eigenvalue weighted by Crippen LogP contribution is 2.31. The molecule has 0 saturated carbocycles. The number of carbonyl (C=O) groups excluding carboxylic acids is 1. The Bertz CT molecular complexity index is 1330. The van der Waals surface area contributed by atoms with E-state index in [0.29, 0.717) is 12.3 Å². The molecule has 0 atom stereocenters. The number of para-hydroxylation sites is 1. The van der Waals surface area contributed by atoms with E-state index in [1.807, 2.05) is 41.7 Å². The molecule has 39 heavy (non-hydrogen) atoms. The average Bonchev–Trinajstić information content (AvgIpc) is 3.45. The van der Waals surface area contributed by atoms with Crippen LogP contribution < -0.4 is 9.64 Å². The number of ether oxygens (including phenoxy) is 2. The van der Waals surface area contributed by atoms with Crippen molar-refractivity contribution in [1.29, 1.82) is 0 Å². The molecule has 6 nitrogen and oxygen atoms in total. The van der Waals surface area contributed by atoms with Crippen LogP contribution in [0.2, 0.25) is 0 Å². The summed E-state index contributed by atoms with van der Waals surface area (Å²) in [6, 6.07) is 20.4. The molecule has 1 fully saturated rings. The van der Waals surface area contributed by atoms with Gasteiger partial charge in [-0.3, -0.25) is 9.69 Å². The van der Waals surface area contributed by atoms with E-state index in [1.54, 1.807) is 6.07 Å². The van der Waals surface area contributed by atoms with Crippen molar-refractivity contribution in [2.75, 3.05) is 50.8 Å². The molecule has 0 aliphatic carbocycles. The number of aromatic nitrogens is 1. The third-order valence-corrected chi connectivity index (χ3v) is 8.29. The fraction of sp³-hybridized carbons (Fsp3) is 0.438. The first kappa shape index (κ1) is 27.6. The van der Waals surface area contributed by atoms with E-state index in [0.717, 1.165) is 88.9 Å². The highest BCUT2D eigenvalue weighted by atomic mass is 32.1. The van der Waals surface area contributed by atoms with Crippen LogP contribution in [0.5, 0.6) is 5.88 Å². The molecule has 0 N–H and O–H groups in total. The summed E-state index contributed by atoms with van der Waals surface area (Å²) in [5, 5.41) is 4.62. The molecular weight excluding hydrogens is 506 g/mol. The minimum absolute atomic E-state index is 0.213. The number of rotatable bonds is 14. The summed E-state index contributed by atoms with van der Waals surface area (Å²) in [5.41, 5.74) is 2.23. The number of pyridine rings is 1. The van der Waals surface area contributed by atoms with Crippen LogP contribution in [-0.4, -0.2) is 61.8 Å². The first-order chi connectivity index (χ1) is 19.3. The van der Waals surface area contributed by atoms with Crippen LogP contribution >= 0.6 is 11.3 Å². The average molecular weight is 546 g/mol. The van der Waals surface area contributed by atoms with E-state index in [1.165, 1.54) is 22.2 Å². The molecule has 7 heteroatoms. The Labute approximate surface area is 235 Å². The summed E-state index contributed by atoms with van der Waals surface area (Å²) in [4.78, 5) is 21.7. The van der Waals surface area contributed by atoms with Crippen molar-refractivity contribution in [2.24, 2.45) is 0 Å². The Balaban J connectivity index is 0.848. The summed E-state index contributed by atoms with van der Waals surface area (Å²) in [6.45, 7) is 7.27. The number of fused-ring (bicyclic) bond motifs is 2. The van der Waals surface area contributed by atoms with Crippen molar-refractivity contribution in [3.05, 3.63) is 66.0 Å². The van der Waals surface area contributed by atoms with Gasteiger partial charge in [-0.15, -0.1) is 11.3 Å². The van der Waals surface area contributed by atoms with Crippen LogP contribution in [0.3, 0.4) is 0 Å². The molecule has 1 aliphatic rings. The van der Waals surface area contributed by atoms with Crippen LogP contribution in [0.1, 0.15) is 44.9 Å². The third-order valence-electron chi connectivity index (χ3n) is 7.41. The van der Waals surface area contributed by atoms with Gasteiger partial charge in [0.2, 0.25) is 5.88 Å². The Morgan fingerprint density at radius 3 is 2.54 bits per heavy atom. The highest BCUT2D eigenvalue weighted by molar-refractivity contribution is 7.17. The molecule has 2 aromatic heterocycles. The van der Waals surface area contributed by atoms with Crippen molar-refractivity contribution in [3.8, 4) is 5.88 Å². The third kappa shape index (κ3) is 8.01. The lowest BCUT2D eigenvalue weighted by Crippen LogP contribution is -2.46. The number of carbonyl (C=O) groups is 1. The minimum Gasteiger partial charge on any atom is -0.407 e. The maximum atomic E-state index is 12.1. The van der Waals surface area contributed by atoms with E-state index >= 15 is 0 Å². The van der Waals surface area contributed by atoms with Crippen LogP contribution in [0.15, 0.2) is 66.0 Å². The van der Waals surface area contributed by atoms with Crippen molar-refractivity contribution >= 4 is 44.0 Å². The molecule has 0 amide bonds. The molecule has 0 unspecified atom stereocenters. The fourth-order valence-corrected chi connectivity index (χ4v) is 6.01. The smallest absolute Gasteiger partial charge is 0.312 e. The molecule has 1 saturated heterocycles. The first-order valence-corrected chi connectivity index (χ1v) is 15.2. The van der Waals surface area contributed by atoms with E-state index in [4.69, 9.17) is 9.47 Å². The Morgan fingerprint density at radius 2 is 1.64 bits per heavy atom. The van der Waals surface area contributed by atoms with Gasteiger partial charge in [-0.25, -0.2) is 4.98 Å². The fourth-order valence-electron chi connectivity index (χ4n) is 5.21. The number of nitrogens with zero attached hydrogens (tertiary/aromatic N) is 3. The lowest BCUT2D eigenvalue weighted by atomic mass is 10.1. The topological polar surface area (TPSA) is 54.9 Å². The van der Waals surface area contributed by atoms with Crippen LogP contribution in [-0.2, 0) is 9.53 Å². The number of piperazine rings is 1. The van der Waals surface area contributed by atoms with Crippen molar-refractivity contribution in [3.63, 3.8) is 0 Å². The zero-order valence-electron chi connectivity index (χ0n) is 22.7. The molecule has 2 aromatic carbocycles. The number of unbranched alkanes of at least 4 members (excludes halogenated alkanes) is 4. The number of hydrogen-bond donors (Lipinski definition) is 0. The van der Waals surface area contributed by atoms with E-state index in [-0.39, 0.29) is 5.97 Å². The molecule has 206 valence electrons. The zero-order chi connectivity index (χ0) is 26.7. The monoisotopic (exact) mass is 545 g/mol. The van der Waals surface area contributed by atoms with Crippen molar-refractivity contribution < 1.29 is 14.3 Å². The Kier molecular flexibility index (Phi) is 10.2. The number of hydrogen-bond acceptors (Lipinski definition) is 7. The number of thiophene rings is 1. The van der Waals surface area contributed by atoms with E-state index in [9.17, 15) is 4.79 Å². The largest absolute Gasteiger partial charge is 0.407 e. The molecule has 5 rings (SSSR count). The van der Waals surface area contributed by atoms with Gasteiger partial charge in [-0.2, -0.15) is 0 Å². The molecule has 0 radical (unpaired) electrons. The summed E-state index contributed by atoms with van der Waals surface area (Å²) < 4.78 is 12.6. The second kappa shape index (κ2) is 14.4. The lowest BCUT2D eigenvalue weighted by Gasteiger charge is -2.36. The van der Waals surface area contributed by atoms with Gasteiger partial charge >= 0.3 is 5.97 Å². The number of benzene rings is 2. The summed E-state index contributed by atoms with van der Waals surface area (Å²) in [5.74, 6) is 0.164. The van der Waals surface area contributed by atoms with Gasteiger partial charge in [-0.1, -0.05) is 37.1 Å². The second-order valence-electron chi connectivity index (χ2n) is 10.2. The number of anilines is 1. The normalized spacial score (nSPS) is 14.3. The quantitative estimate of drug-likeness (QED) is 0.127. The molecular formula is C32H39N3O3S. The predicted molar refractivity (Wildman–Crippen MR) is 161 cm³/mol. The minimum atomic E-state index is -0.213. The highest BCUT2D eigenvalue weighted by Gasteiger charge is 2.18. The zero-order valence-corrected chi connectivity index (χ0v) is 23.5. The molecule has 0 bridgehead atoms. The van der Waals surface area contributed by atoms with Crippen molar-refractivity contribution in [1.82, 2.24) is 9.88 Å². The first-order valence-electron chi connectivity index (χ1n) is 14.3. The van der Waals surface area contributed by atoms with Gasteiger partial charge in [0, 0.05) is 73.0 Å². The summed E-state index contributed by atoms with van der Waals surface area (Å²) in [7, 11) is 0. The molecule has 0 spiro atoms. The summed E-state index contributed by atoms with van der Waals surface area (Å²) in [6.07, 6.45) is 6.69. The molecule has 1 aliphatic heterocycles. The standard InChI is InChI=1S/C32H39N3O3S/c36-32(38-31-16-15-26-10-4-5-11-28(26)33-31)14-3-1-2-7-23-37-24-8-6-18-34-19-21-35(22-20-34)29-12-9-13-30-27(29)17-25-39-30/h4-5,9-13,15-17,25H,1-3,6-8,14,18-24H2. The molecule has 3 heterocycles. The van der Waals surface area contributed by atoms with Crippen LogP contribution in [0.4, 0.5) is 5.69 Å². The van der Waals surface area contributed by atoms with E-state index in [2.05, 4.69) is 44.4 Å². The van der Waals surface area contributed by atoms with E-state index < -0.39 is 0 Å². The van der Waals surface area contributed by atoms with Gasteiger partial charge in [0.25, 0.3) is 0 Å². The second-order valence-corrected chi connectivity index (χ2v) is 11.2. The van der Waals surface area contributed by atoms with Gasteiger partial charge in [0.1, 0.15) is 0 Å². The summed E-state index contributed by atoms with van der Waals surface area (Å²) >= 11 is 1.82. The predicted octanol–water partition coefficient (Wildman–Crippen LogP) is 6.92. The Hall–Kier alpha value is -3.00. The maximum absolute atomic E-state index is 12.1.